The number of rotatable bonds is 5. The largest absolute Gasteiger partial charge is 0.384 e. The molecule has 15 heavy (non-hydrogen) atoms. The quantitative estimate of drug-likeness (QED) is 0.743. The minimum absolute atomic E-state index is 0.0201. The van der Waals surface area contributed by atoms with Gasteiger partial charge in [0.25, 0.3) is 0 Å². The molecule has 0 radical (unpaired) electrons. The van der Waals surface area contributed by atoms with Gasteiger partial charge in [-0.3, -0.25) is 4.79 Å². The van der Waals surface area contributed by atoms with Gasteiger partial charge in [0.2, 0.25) is 0 Å². The van der Waals surface area contributed by atoms with E-state index >= 15 is 0 Å². The van der Waals surface area contributed by atoms with Crippen LogP contribution >= 0.6 is 0 Å². The standard InChI is InChI=1S/C12H17NO2/c1-9(13)12(14)11-5-3-10(4-6-11)7-8-15-2/h3-6,9H,7-8,13H2,1-2H3/t9-/m0/s1. The van der Waals surface area contributed by atoms with Crippen LogP contribution in [-0.2, 0) is 11.2 Å². The molecule has 0 aromatic heterocycles. The van der Waals surface area contributed by atoms with Gasteiger partial charge in [0.15, 0.2) is 5.78 Å². The van der Waals surface area contributed by atoms with E-state index in [2.05, 4.69) is 0 Å². The van der Waals surface area contributed by atoms with Gasteiger partial charge in [0.05, 0.1) is 12.6 Å². The molecule has 0 saturated carbocycles. The maximum absolute atomic E-state index is 11.5. The average molecular weight is 207 g/mol. The number of ketones is 1. The molecule has 1 aromatic carbocycles. The minimum Gasteiger partial charge on any atom is -0.384 e. The van der Waals surface area contributed by atoms with Crippen molar-refractivity contribution in [1.82, 2.24) is 0 Å². The first kappa shape index (κ1) is 11.9. The predicted molar refractivity (Wildman–Crippen MR) is 60.0 cm³/mol. The Morgan fingerprint density at radius 1 is 1.40 bits per heavy atom. The third kappa shape index (κ3) is 3.46. The molecule has 0 aliphatic rings. The second kappa shape index (κ2) is 5.63. The van der Waals surface area contributed by atoms with Gasteiger partial charge in [0, 0.05) is 12.7 Å². The highest BCUT2D eigenvalue weighted by Crippen LogP contribution is 2.07. The molecular formula is C12H17NO2. The van der Waals surface area contributed by atoms with Gasteiger partial charge in [-0.1, -0.05) is 24.3 Å². The smallest absolute Gasteiger partial charge is 0.179 e. The Bertz CT molecular complexity index is 317. The summed E-state index contributed by atoms with van der Waals surface area (Å²) in [6.45, 7) is 2.39. The summed E-state index contributed by atoms with van der Waals surface area (Å²) in [6, 6.07) is 7.08. The van der Waals surface area contributed by atoms with Crippen molar-refractivity contribution in [3.63, 3.8) is 0 Å². The Labute approximate surface area is 90.2 Å². The van der Waals surface area contributed by atoms with E-state index in [-0.39, 0.29) is 5.78 Å². The van der Waals surface area contributed by atoms with Crippen molar-refractivity contribution in [2.75, 3.05) is 13.7 Å². The van der Waals surface area contributed by atoms with Crippen molar-refractivity contribution in [3.8, 4) is 0 Å². The second-order valence-corrected chi connectivity index (χ2v) is 3.59. The van der Waals surface area contributed by atoms with Gasteiger partial charge < -0.3 is 10.5 Å². The molecule has 0 unspecified atom stereocenters. The lowest BCUT2D eigenvalue weighted by molar-refractivity contribution is 0.0968. The molecular weight excluding hydrogens is 190 g/mol. The van der Waals surface area contributed by atoms with Gasteiger partial charge in [-0.2, -0.15) is 0 Å². The molecule has 1 aromatic rings. The fourth-order valence-electron chi connectivity index (χ4n) is 1.32. The summed E-state index contributed by atoms with van der Waals surface area (Å²) in [5.74, 6) is -0.0201. The number of hydrogen-bond acceptors (Lipinski definition) is 3. The molecule has 0 fully saturated rings. The van der Waals surface area contributed by atoms with Crippen LogP contribution in [0.3, 0.4) is 0 Å². The van der Waals surface area contributed by atoms with Crippen LogP contribution < -0.4 is 5.73 Å². The van der Waals surface area contributed by atoms with E-state index < -0.39 is 6.04 Å². The van der Waals surface area contributed by atoms with Crippen molar-refractivity contribution in [1.29, 1.82) is 0 Å². The first-order valence-corrected chi connectivity index (χ1v) is 5.03. The molecule has 1 atom stereocenters. The lowest BCUT2D eigenvalue weighted by Crippen LogP contribution is -2.26. The Morgan fingerprint density at radius 3 is 2.47 bits per heavy atom. The first-order valence-electron chi connectivity index (χ1n) is 5.03. The van der Waals surface area contributed by atoms with Crippen molar-refractivity contribution < 1.29 is 9.53 Å². The number of carbonyl (C=O) groups excluding carboxylic acids is 1. The van der Waals surface area contributed by atoms with Crippen LogP contribution in [-0.4, -0.2) is 25.5 Å². The van der Waals surface area contributed by atoms with Gasteiger partial charge in [0.1, 0.15) is 0 Å². The highest BCUT2D eigenvalue weighted by molar-refractivity contribution is 5.99. The maximum atomic E-state index is 11.5. The van der Waals surface area contributed by atoms with Crippen molar-refractivity contribution in [3.05, 3.63) is 35.4 Å². The molecule has 0 spiro atoms. The molecule has 0 amide bonds. The SMILES string of the molecule is COCCc1ccc(C(=O)[C@H](C)N)cc1. The predicted octanol–water partition coefficient (Wildman–Crippen LogP) is 1.41. The Kier molecular flexibility index (Phi) is 4.46. The highest BCUT2D eigenvalue weighted by Gasteiger charge is 2.09. The second-order valence-electron chi connectivity index (χ2n) is 3.59. The van der Waals surface area contributed by atoms with E-state index in [0.29, 0.717) is 12.2 Å². The van der Waals surface area contributed by atoms with Gasteiger partial charge in [-0.25, -0.2) is 0 Å². The summed E-state index contributed by atoms with van der Waals surface area (Å²) in [5, 5.41) is 0. The molecule has 0 aliphatic heterocycles. The van der Waals surface area contributed by atoms with Crippen LogP contribution in [0.25, 0.3) is 0 Å². The number of carbonyl (C=O) groups is 1. The Hall–Kier alpha value is -1.19. The highest BCUT2D eigenvalue weighted by atomic mass is 16.5. The lowest BCUT2D eigenvalue weighted by Gasteiger charge is -2.05. The fourth-order valence-corrected chi connectivity index (χ4v) is 1.32. The molecule has 82 valence electrons. The summed E-state index contributed by atoms with van der Waals surface area (Å²) in [4.78, 5) is 11.5. The van der Waals surface area contributed by atoms with Crippen LogP contribution in [0.2, 0.25) is 0 Å². The molecule has 0 aliphatic carbocycles. The number of Topliss-reactive ketones (excluding diaryl/α,β-unsaturated/α-hetero) is 1. The van der Waals surface area contributed by atoms with Crippen molar-refractivity contribution >= 4 is 5.78 Å². The zero-order chi connectivity index (χ0) is 11.3. The van der Waals surface area contributed by atoms with E-state index in [1.54, 1.807) is 14.0 Å². The van der Waals surface area contributed by atoms with Crippen LogP contribution in [0, 0.1) is 0 Å². The monoisotopic (exact) mass is 207 g/mol. The van der Waals surface area contributed by atoms with E-state index in [9.17, 15) is 4.79 Å². The zero-order valence-corrected chi connectivity index (χ0v) is 9.19. The van der Waals surface area contributed by atoms with Crippen molar-refractivity contribution in [2.24, 2.45) is 5.73 Å². The number of hydrogen-bond donors (Lipinski definition) is 1. The molecule has 3 nitrogen and oxygen atoms in total. The molecule has 0 heterocycles. The first-order chi connectivity index (χ1) is 7.15. The Balaban J connectivity index is 2.68. The molecule has 0 bridgehead atoms. The normalized spacial score (nSPS) is 12.5. The van der Waals surface area contributed by atoms with Crippen LogP contribution in [0.15, 0.2) is 24.3 Å². The number of ether oxygens (including phenoxy) is 1. The topological polar surface area (TPSA) is 52.3 Å². The number of benzene rings is 1. The molecule has 3 heteroatoms. The van der Waals surface area contributed by atoms with E-state index in [1.807, 2.05) is 24.3 Å². The number of methoxy groups -OCH3 is 1. The summed E-state index contributed by atoms with van der Waals surface area (Å²) in [5.41, 5.74) is 7.35. The third-order valence-corrected chi connectivity index (χ3v) is 2.25. The Morgan fingerprint density at radius 2 is 2.00 bits per heavy atom. The van der Waals surface area contributed by atoms with Crippen LogP contribution in [0.5, 0.6) is 0 Å². The van der Waals surface area contributed by atoms with Gasteiger partial charge in [-0.15, -0.1) is 0 Å². The molecule has 0 saturated heterocycles. The van der Waals surface area contributed by atoms with E-state index in [1.165, 1.54) is 0 Å². The van der Waals surface area contributed by atoms with Crippen molar-refractivity contribution in [2.45, 2.75) is 19.4 Å². The lowest BCUT2D eigenvalue weighted by atomic mass is 10.0. The molecule has 2 N–H and O–H groups in total. The van der Waals surface area contributed by atoms with Crippen LogP contribution in [0.4, 0.5) is 0 Å². The molecule has 1 rings (SSSR count). The maximum Gasteiger partial charge on any atom is 0.179 e. The fraction of sp³-hybridized carbons (Fsp3) is 0.417. The zero-order valence-electron chi connectivity index (χ0n) is 9.19. The third-order valence-electron chi connectivity index (χ3n) is 2.25. The average Bonchev–Trinajstić information content (AvgIpc) is 2.26. The number of nitrogens with two attached hydrogens (primary N) is 1. The minimum atomic E-state index is -0.435. The summed E-state index contributed by atoms with van der Waals surface area (Å²) >= 11 is 0. The van der Waals surface area contributed by atoms with Gasteiger partial charge >= 0.3 is 0 Å². The van der Waals surface area contributed by atoms with Gasteiger partial charge in [-0.05, 0) is 18.9 Å². The summed E-state index contributed by atoms with van der Waals surface area (Å²) in [6.07, 6.45) is 0.864. The summed E-state index contributed by atoms with van der Waals surface area (Å²) < 4.78 is 4.97. The van der Waals surface area contributed by atoms with Crippen LogP contribution in [0.1, 0.15) is 22.8 Å². The van der Waals surface area contributed by atoms with E-state index in [4.69, 9.17) is 10.5 Å². The summed E-state index contributed by atoms with van der Waals surface area (Å²) in [7, 11) is 1.67. The van der Waals surface area contributed by atoms with E-state index in [0.717, 1.165) is 12.0 Å².